The van der Waals surface area contributed by atoms with Crippen LogP contribution in [-0.2, 0) is 9.59 Å². The molecule has 0 aromatic rings. The van der Waals surface area contributed by atoms with Gasteiger partial charge in [-0.25, -0.2) is 9.86 Å². The van der Waals surface area contributed by atoms with E-state index in [-0.39, 0.29) is 29.6 Å². The maximum absolute atomic E-state index is 12.4. The molecule has 0 aromatic heterocycles. The molecule has 0 aromatic carbocycles. The number of hydrogen-bond acceptors (Lipinski definition) is 5. The quantitative estimate of drug-likeness (QED) is 0.373. The summed E-state index contributed by atoms with van der Waals surface area (Å²) in [7, 11) is 0. The Hall–Kier alpha value is -2.16. The number of amides is 4. The summed E-state index contributed by atoms with van der Waals surface area (Å²) in [6.45, 7) is 2.89. The Balaban J connectivity index is 1.59. The van der Waals surface area contributed by atoms with Crippen molar-refractivity contribution in [2.24, 2.45) is 5.92 Å². The normalized spacial score (nSPS) is 29.7. The van der Waals surface area contributed by atoms with Crippen LogP contribution in [0.1, 0.15) is 32.6 Å². The fourth-order valence-electron chi connectivity index (χ4n) is 3.75. The van der Waals surface area contributed by atoms with E-state index >= 15 is 0 Å². The Kier molecular flexibility index (Phi) is 4.44. The predicted molar refractivity (Wildman–Crippen MR) is 83.4 cm³/mol. The summed E-state index contributed by atoms with van der Waals surface area (Å²) in [5, 5.41) is 21.2. The zero-order valence-corrected chi connectivity index (χ0v) is 13.7. The summed E-state index contributed by atoms with van der Waals surface area (Å²) in [6.07, 6.45) is 2.59. The second-order valence-electron chi connectivity index (χ2n) is 6.73. The van der Waals surface area contributed by atoms with Crippen molar-refractivity contribution in [3.63, 3.8) is 0 Å². The number of fused-ring (bicyclic) bond motifs is 2. The Labute approximate surface area is 140 Å². The first-order valence-electron chi connectivity index (χ1n) is 8.32. The van der Waals surface area contributed by atoms with Crippen LogP contribution in [0.2, 0.25) is 0 Å². The molecule has 0 spiro atoms. The topological polar surface area (TPSA) is 117 Å². The molecule has 3 N–H and O–H groups in total. The highest BCUT2D eigenvalue weighted by molar-refractivity contribution is 6.01. The van der Waals surface area contributed by atoms with Crippen molar-refractivity contribution in [1.82, 2.24) is 20.2 Å². The van der Waals surface area contributed by atoms with E-state index in [0.717, 1.165) is 11.5 Å². The van der Waals surface area contributed by atoms with Gasteiger partial charge in [0, 0.05) is 26.6 Å². The van der Waals surface area contributed by atoms with E-state index in [2.05, 4.69) is 5.32 Å². The van der Waals surface area contributed by atoms with Crippen LogP contribution in [0, 0.1) is 11.3 Å². The summed E-state index contributed by atoms with van der Waals surface area (Å²) < 4.78 is 0. The van der Waals surface area contributed by atoms with Gasteiger partial charge in [-0.05, 0) is 25.7 Å². The third kappa shape index (κ3) is 2.95. The van der Waals surface area contributed by atoms with E-state index in [0.29, 0.717) is 38.9 Å². The minimum atomic E-state index is -0.512. The molecule has 3 atom stereocenters. The lowest BCUT2D eigenvalue weighted by Gasteiger charge is -2.33. The number of hydroxylamine groups is 2. The zero-order chi connectivity index (χ0) is 17.4. The number of carbonyl (C=O) groups is 3. The monoisotopic (exact) mass is 337 g/mol. The molecule has 9 heteroatoms. The number of likely N-dealkylation sites (tertiary alicyclic amines) is 1. The van der Waals surface area contributed by atoms with Gasteiger partial charge < -0.3 is 15.1 Å². The van der Waals surface area contributed by atoms with Crippen LogP contribution in [0.3, 0.4) is 0 Å². The molecule has 4 amide bonds. The lowest BCUT2D eigenvalue weighted by atomic mass is 9.96. The second-order valence-corrected chi connectivity index (χ2v) is 6.73. The highest BCUT2D eigenvalue weighted by atomic mass is 16.5. The third-order valence-corrected chi connectivity index (χ3v) is 5.17. The average Bonchev–Trinajstić information content (AvgIpc) is 2.79. The Morgan fingerprint density at radius 1 is 1.25 bits per heavy atom. The van der Waals surface area contributed by atoms with Crippen LogP contribution in [0.25, 0.3) is 0 Å². The zero-order valence-electron chi connectivity index (χ0n) is 13.7. The fraction of sp³-hybridized carbons (Fsp3) is 0.733. The summed E-state index contributed by atoms with van der Waals surface area (Å²) in [5.41, 5.74) is 0. The van der Waals surface area contributed by atoms with Gasteiger partial charge in [0.15, 0.2) is 0 Å². The molecule has 9 nitrogen and oxygen atoms in total. The van der Waals surface area contributed by atoms with Crippen molar-refractivity contribution in [3.05, 3.63) is 0 Å². The number of nitrogens with zero attached hydrogens (tertiary/aromatic N) is 3. The smallest absolute Gasteiger partial charge is 0.342 e. The van der Waals surface area contributed by atoms with Crippen LogP contribution in [-0.4, -0.2) is 75.5 Å². The molecule has 3 heterocycles. The molecule has 0 radical (unpaired) electrons. The van der Waals surface area contributed by atoms with Crippen LogP contribution in [0.15, 0.2) is 0 Å². The van der Waals surface area contributed by atoms with Gasteiger partial charge in [0.25, 0.3) is 0 Å². The summed E-state index contributed by atoms with van der Waals surface area (Å²) in [5.74, 6) is -0.669. The molecule has 3 aliphatic rings. The molecule has 0 aliphatic carbocycles. The first-order chi connectivity index (χ1) is 11.4. The largest absolute Gasteiger partial charge is 0.344 e. The molecule has 0 saturated carbocycles. The number of rotatable bonds is 2. The third-order valence-electron chi connectivity index (χ3n) is 5.17. The molecule has 132 valence electrons. The maximum Gasteiger partial charge on any atom is 0.344 e. The average molecular weight is 337 g/mol. The standard InChI is InChI=1S/C15H23N5O4/c1-9(21)18-6-2-3-10(7-18)14(22)17-13(16)12-5-4-11-8-19(12)15(23)20(11)24/h10-12,24H,2-8H2,1H3,(H2,16,17,22)/t10-,11+,12-/m0/s1. The minimum Gasteiger partial charge on any atom is -0.342 e. The van der Waals surface area contributed by atoms with Gasteiger partial charge >= 0.3 is 6.03 Å². The second kappa shape index (κ2) is 6.39. The minimum absolute atomic E-state index is 0.0120. The number of nitrogens with one attached hydrogen (secondary N) is 2. The first-order valence-corrected chi connectivity index (χ1v) is 8.32. The van der Waals surface area contributed by atoms with Gasteiger partial charge in [-0.15, -0.1) is 0 Å². The van der Waals surface area contributed by atoms with E-state index in [1.807, 2.05) is 0 Å². The molecule has 3 saturated heterocycles. The van der Waals surface area contributed by atoms with Gasteiger partial charge in [-0.2, -0.15) is 0 Å². The maximum atomic E-state index is 12.4. The number of amidine groups is 1. The molecule has 3 rings (SSSR count). The van der Waals surface area contributed by atoms with Gasteiger partial charge in [-0.3, -0.25) is 20.2 Å². The summed E-state index contributed by atoms with van der Waals surface area (Å²) in [4.78, 5) is 38.9. The lowest BCUT2D eigenvalue weighted by molar-refractivity contribution is -0.133. The van der Waals surface area contributed by atoms with Gasteiger partial charge in [0.2, 0.25) is 11.8 Å². The van der Waals surface area contributed by atoms with Gasteiger partial charge in [0.05, 0.1) is 18.0 Å². The Morgan fingerprint density at radius 2 is 2.00 bits per heavy atom. The van der Waals surface area contributed by atoms with E-state index < -0.39 is 12.1 Å². The van der Waals surface area contributed by atoms with Gasteiger partial charge in [0.1, 0.15) is 5.84 Å². The number of piperidine rings is 2. The van der Waals surface area contributed by atoms with Crippen molar-refractivity contribution in [3.8, 4) is 0 Å². The van der Waals surface area contributed by atoms with Crippen LogP contribution >= 0.6 is 0 Å². The highest BCUT2D eigenvalue weighted by Gasteiger charge is 2.46. The molecule has 24 heavy (non-hydrogen) atoms. The fourth-order valence-corrected chi connectivity index (χ4v) is 3.75. The molecule has 3 aliphatic heterocycles. The molecular weight excluding hydrogens is 314 g/mol. The Morgan fingerprint density at radius 3 is 2.71 bits per heavy atom. The van der Waals surface area contributed by atoms with E-state index in [1.165, 1.54) is 11.8 Å². The van der Waals surface area contributed by atoms with E-state index in [1.54, 1.807) is 4.90 Å². The van der Waals surface area contributed by atoms with Crippen LogP contribution in [0.4, 0.5) is 4.79 Å². The van der Waals surface area contributed by atoms with Crippen LogP contribution < -0.4 is 5.32 Å². The van der Waals surface area contributed by atoms with E-state index in [4.69, 9.17) is 5.41 Å². The summed E-state index contributed by atoms with van der Waals surface area (Å²) >= 11 is 0. The first kappa shape index (κ1) is 16.7. The number of urea groups is 1. The molecule has 0 unspecified atom stereocenters. The van der Waals surface area contributed by atoms with Gasteiger partial charge in [-0.1, -0.05) is 0 Å². The SMILES string of the molecule is CC(=O)N1CCC[C@H](C(=O)NC(=N)[C@@H]2CC[C@@H]3CN2C(=O)N3O)C1. The van der Waals surface area contributed by atoms with E-state index in [9.17, 15) is 19.6 Å². The van der Waals surface area contributed by atoms with Crippen molar-refractivity contribution in [2.75, 3.05) is 19.6 Å². The molecule has 3 fully saturated rings. The van der Waals surface area contributed by atoms with Crippen molar-refractivity contribution in [2.45, 2.75) is 44.7 Å². The van der Waals surface area contributed by atoms with Crippen molar-refractivity contribution < 1.29 is 19.6 Å². The predicted octanol–water partition coefficient (Wildman–Crippen LogP) is -0.00383. The lowest BCUT2D eigenvalue weighted by Crippen LogP contribution is -2.53. The Bertz CT molecular complexity index is 580. The van der Waals surface area contributed by atoms with Crippen molar-refractivity contribution in [1.29, 1.82) is 5.41 Å². The molecular formula is C15H23N5O4. The van der Waals surface area contributed by atoms with Crippen LogP contribution in [0.5, 0.6) is 0 Å². The highest BCUT2D eigenvalue weighted by Crippen LogP contribution is 2.28. The van der Waals surface area contributed by atoms with Crippen molar-refractivity contribution >= 4 is 23.7 Å². The number of hydrogen-bond donors (Lipinski definition) is 3. The molecule has 2 bridgehead atoms. The summed E-state index contributed by atoms with van der Waals surface area (Å²) in [6, 6.07) is -1.25. The number of carbonyl (C=O) groups excluding carboxylic acids is 3.